The lowest BCUT2D eigenvalue weighted by Crippen LogP contribution is -2.12. The monoisotopic (exact) mass is 327 g/mol. The molecule has 3 nitrogen and oxygen atoms in total. The van der Waals surface area contributed by atoms with Crippen molar-refractivity contribution >= 4 is 15.9 Å². The van der Waals surface area contributed by atoms with E-state index in [2.05, 4.69) is 21.2 Å². The van der Waals surface area contributed by atoms with Gasteiger partial charge >= 0.3 is 0 Å². The third kappa shape index (κ3) is 3.81. The van der Waals surface area contributed by atoms with Crippen LogP contribution in [0.4, 0.5) is 4.39 Å². The fourth-order valence-electron chi connectivity index (χ4n) is 1.63. The van der Waals surface area contributed by atoms with Crippen LogP contribution in [0, 0.1) is 5.82 Å². The minimum atomic E-state index is -0.307. The molecule has 1 aromatic carbocycles. The quantitative estimate of drug-likeness (QED) is 0.874. The van der Waals surface area contributed by atoms with Gasteiger partial charge in [0.2, 0.25) is 0 Å². The third-order valence-corrected chi connectivity index (χ3v) is 3.27. The van der Waals surface area contributed by atoms with Crippen molar-refractivity contribution in [2.24, 2.45) is 0 Å². The fraction of sp³-hybridized carbons (Fsp3) is 0.286. The van der Waals surface area contributed by atoms with Crippen LogP contribution >= 0.6 is 15.9 Å². The van der Waals surface area contributed by atoms with Gasteiger partial charge in [0.1, 0.15) is 23.9 Å². The van der Waals surface area contributed by atoms with Crippen molar-refractivity contribution in [1.82, 2.24) is 5.32 Å². The fourth-order valence-corrected chi connectivity index (χ4v) is 1.98. The van der Waals surface area contributed by atoms with Crippen LogP contribution in [0.5, 0.6) is 5.75 Å². The molecule has 19 heavy (non-hydrogen) atoms. The topological polar surface area (TPSA) is 34.4 Å². The van der Waals surface area contributed by atoms with E-state index in [0.29, 0.717) is 16.8 Å². The zero-order chi connectivity index (χ0) is 13.7. The Balaban J connectivity index is 1.98. The molecular weight excluding hydrogens is 313 g/mol. The molecule has 0 aliphatic carbocycles. The second-order valence-corrected chi connectivity index (χ2v) is 4.87. The van der Waals surface area contributed by atoms with Gasteiger partial charge in [-0.3, -0.25) is 0 Å². The SMILES string of the molecule is CCNCc1ccoc1COc1ccc(F)c(Br)c1. The van der Waals surface area contributed by atoms with Gasteiger partial charge in [-0.1, -0.05) is 6.92 Å². The van der Waals surface area contributed by atoms with Crippen molar-refractivity contribution in [2.45, 2.75) is 20.1 Å². The van der Waals surface area contributed by atoms with Crippen LogP contribution in [0.2, 0.25) is 0 Å². The maximum atomic E-state index is 13.1. The van der Waals surface area contributed by atoms with Crippen molar-refractivity contribution < 1.29 is 13.5 Å². The van der Waals surface area contributed by atoms with E-state index in [0.717, 1.165) is 24.4 Å². The minimum Gasteiger partial charge on any atom is -0.486 e. The molecule has 0 radical (unpaired) electrons. The summed E-state index contributed by atoms with van der Waals surface area (Å²) in [6.07, 6.45) is 1.64. The average molecular weight is 328 g/mol. The summed E-state index contributed by atoms with van der Waals surface area (Å²) in [5.74, 6) is 1.07. The largest absolute Gasteiger partial charge is 0.486 e. The summed E-state index contributed by atoms with van der Waals surface area (Å²) in [5.41, 5.74) is 1.07. The van der Waals surface area contributed by atoms with E-state index in [1.54, 1.807) is 18.4 Å². The summed E-state index contributed by atoms with van der Waals surface area (Å²) in [4.78, 5) is 0. The number of furan rings is 1. The Morgan fingerprint density at radius 1 is 1.37 bits per heavy atom. The number of hydrogen-bond donors (Lipinski definition) is 1. The average Bonchev–Trinajstić information content (AvgIpc) is 2.85. The second kappa shape index (κ2) is 6.73. The van der Waals surface area contributed by atoms with Crippen LogP contribution in [0.15, 0.2) is 39.4 Å². The lowest BCUT2D eigenvalue weighted by molar-refractivity contribution is 0.267. The highest BCUT2D eigenvalue weighted by atomic mass is 79.9. The normalized spacial score (nSPS) is 10.7. The predicted octanol–water partition coefficient (Wildman–Crippen LogP) is 3.87. The maximum absolute atomic E-state index is 13.1. The first-order valence-electron chi connectivity index (χ1n) is 6.04. The number of halogens is 2. The molecule has 2 rings (SSSR count). The summed E-state index contributed by atoms with van der Waals surface area (Å²) in [5, 5.41) is 3.23. The minimum absolute atomic E-state index is 0.307. The van der Waals surface area contributed by atoms with E-state index >= 15 is 0 Å². The standard InChI is InChI=1S/C14H15BrFNO2/c1-2-17-8-10-5-6-18-14(10)9-19-11-3-4-13(16)12(15)7-11/h3-7,17H,2,8-9H2,1H3. The number of hydrogen-bond acceptors (Lipinski definition) is 3. The molecule has 0 aliphatic heterocycles. The highest BCUT2D eigenvalue weighted by molar-refractivity contribution is 9.10. The van der Waals surface area contributed by atoms with Gasteiger partial charge in [-0.05, 0) is 46.7 Å². The first-order chi connectivity index (χ1) is 9.20. The molecule has 0 aliphatic rings. The zero-order valence-electron chi connectivity index (χ0n) is 10.6. The molecule has 0 unspecified atom stereocenters. The van der Waals surface area contributed by atoms with Crippen LogP contribution in [-0.2, 0) is 13.2 Å². The van der Waals surface area contributed by atoms with Gasteiger partial charge in [0.05, 0.1) is 10.7 Å². The molecule has 102 valence electrons. The Hall–Kier alpha value is -1.33. The van der Waals surface area contributed by atoms with Crippen molar-refractivity contribution in [3.63, 3.8) is 0 Å². The Labute approximate surface area is 119 Å². The summed E-state index contributed by atoms with van der Waals surface area (Å²) in [6, 6.07) is 6.47. The van der Waals surface area contributed by atoms with E-state index in [-0.39, 0.29) is 5.82 Å². The Morgan fingerprint density at radius 2 is 2.21 bits per heavy atom. The number of rotatable bonds is 6. The van der Waals surface area contributed by atoms with E-state index < -0.39 is 0 Å². The zero-order valence-corrected chi connectivity index (χ0v) is 12.2. The van der Waals surface area contributed by atoms with Crippen LogP contribution in [-0.4, -0.2) is 6.54 Å². The highest BCUT2D eigenvalue weighted by Gasteiger charge is 2.07. The first kappa shape index (κ1) is 14.1. The Bertz CT molecular complexity index is 542. The van der Waals surface area contributed by atoms with E-state index in [1.807, 2.05) is 13.0 Å². The van der Waals surface area contributed by atoms with Gasteiger partial charge in [-0.2, -0.15) is 0 Å². The predicted molar refractivity (Wildman–Crippen MR) is 74.5 cm³/mol. The van der Waals surface area contributed by atoms with Gasteiger partial charge in [-0.25, -0.2) is 4.39 Å². The van der Waals surface area contributed by atoms with Crippen molar-refractivity contribution in [3.8, 4) is 5.75 Å². The molecular formula is C14H15BrFNO2. The smallest absolute Gasteiger partial charge is 0.146 e. The Morgan fingerprint density at radius 3 is 2.95 bits per heavy atom. The third-order valence-electron chi connectivity index (χ3n) is 2.66. The molecule has 0 spiro atoms. The maximum Gasteiger partial charge on any atom is 0.146 e. The second-order valence-electron chi connectivity index (χ2n) is 4.01. The lowest BCUT2D eigenvalue weighted by Gasteiger charge is -2.07. The molecule has 0 saturated carbocycles. The van der Waals surface area contributed by atoms with Crippen molar-refractivity contribution in [2.75, 3.05) is 6.54 Å². The lowest BCUT2D eigenvalue weighted by atomic mass is 10.2. The molecule has 2 aromatic rings. The first-order valence-corrected chi connectivity index (χ1v) is 6.83. The number of ether oxygens (including phenoxy) is 1. The molecule has 5 heteroatoms. The van der Waals surface area contributed by atoms with E-state index in [1.165, 1.54) is 6.07 Å². The summed E-state index contributed by atoms with van der Waals surface area (Å²) in [6.45, 7) is 4.02. The molecule has 1 aromatic heterocycles. The molecule has 0 saturated heterocycles. The highest BCUT2D eigenvalue weighted by Crippen LogP contribution is 2.23. The Kier molecular flexibility index (Phi) is 4.99. The van der Waals surface area contributed by atoms with Gasteiger partial charge in [-0.15, -0.1) is 0 Å². The van der Waals surface area contributed by atoms with Crippen LogP contribution in [0.3, 0.4) is 0 Å². The van der Waals surface area contributed by atoms with E-state index in [9.17, 15) is 4.39 Å². The molecule has 0 bridgehead atoms. The summed E-state index contributed by atoms with van der Waals surface area (Å²) < 4.78 is 24.4. The van der Waals surface area contributed by atoms with Crippen LogP contribution in [0.25, 0.3) is 0 Å². The van der Waals surface area contributed by atoms with Crippen LogP contribution < -0.4 is 10.1 Å². The molecule has 1 heterocycles. The summed E-state index contributed by atoms with van der Waals surface area (Å²) >= 11 is 3.13. The molecule has 0 fully saturated rings. The van der Waals surface area contributed by atoms with Crippen molar-refractivity contribution in [3.05, 3.63) is 52.1 Å². The van der Waals surface area contributed by atoms with E-state index in [4.69, 9.17) is 9.15 Å². The molecule has 0 atom stereocenters. The molecule has 1 N–H and O–H groups in total. The van der Waals surface area contributed by atoms with Crippen molar-refractivity contribution in [1.29, 1.82) is 0 Å². The number of benzene rings is 1. The number of nitrogens with one attached hydrogen (secondary N) is 1. The van der Waals surface area contributed by atoms with Crippen LogP contribution in [0.1, 0.15) is 18.2 Å². The van der Waals surface area contributed by atoms with Gasteiger partial charge < -0.3 is 14.5 Å². The van der Waals surface area contributed by atoms with Gasteiger partial charge in [0.15, 0.2) is 0 Å². The summed E-state index contributed by atoms with van der Waals surface area (Å²) in [7, 11) is 0. The van der Waals surface area contributed by atoms with Gasteiger partial charge in [0, 0.05) is 12.1 Å². The molecule has 0 amide bonds. The van der Waals surface area contributed by atoms with Gasteiger partial charge in [0.25, 0.3) is 0 Å².